The van der Waals surface area contributed by atoms with Crippen LogP contribution in [0, 0.1) is 0 Å². The van der Waals surface area contributed by atoms with Crippen LogP contribution in [-0.4, -0.2) is 15.7 Å². The third kappa shape index (κ3) is 2.11. The Kier molecular flexibility index (Phi) is 2.72. The molecule has 4 nitrogen and oxygen atoms in total. The molecule has 0 aliphatic rings. The molecule has 1 amide bonds. The molecule has 1 aromatic heterocycles. The molecule has 0 fully saturated rings. The van der Waals surface area contributed by atoms with Crippen molar-refractivity contribution in [3.05, 3.63) is 42.6 Å². The molecule has 0 aliphatic heterocycles. The number of aryl methyl sites for hydroxylation is 1. The van der Waals surface area contributed by atoms with Gasteiger partial charge in [-0.05, 0) is 17.7 Å². The first-order valence-corrected chi connectivity index (χ1v) is 5.01. The van der Waals surface area contributed by atoms with Gasteiger partial charge in [0.15, 0.2) is 0 Å². The van der Waals surface area contributed by atoms with E-state index in [1.807, 2.05) is 31.4 Å². The molecule has 0 bridgehead atoms. The molecule has 1 aromatic carbocycles. The smallest absolute Gasteiger partial charge is 0.243 e. The van der Waals surface area contributed by atoms with Gasteiger partial charge in [-0.15, -0.1) is 0 Å². The molecule has 0 saturated carbocycles. The predicted molar refractivity (Wildman–Crippen MR) is 62.8 cm³/mol. The van der Waals surface area contributed by atoms with Crippen LogP contribution >= 0.6 is 0 Å². The van der Waals surface area contributed by atoms with Crippen molar-refractivity contribution in [2.45, 2.75) is 6.54 Å². The third-order valence-corrected chi connectivity index (χ3v) is 2.34. The van der Waals surface area contributed by atoms with Crippen molar-refractivity contribution in [2.24, 2.45) is 7.05 Å². The van der Waals surface area contributed by atoms with Gasteiger partial charge in [-0.3, -0.25) is 9.48 Å². The highest BCUT2D eigenvalue weighted by molar-refractivity contribution is 5.87. The second-order valence-electron chi connectivity index (χ2n) is 3.62. The van der Waals surface area contributed by atoms with Gasteiger partial charge in [0, 0.05) is 25.2 Å². The fraction of sp³-hybridized carbons (Fsp3) is 0.167. The first-order chi connectivity index (χ1) is 7.69. The van der Waals surface area contributed by atoms with Crippen LogP contribution in [0.1, 0.15) is 5.56 Å². The number of nitrogens with zero attached hydrogens (tertiary/aromatic N) is 2. The molecule has 0 radical (unpaired) electrons. The molecule has 2 rings (SSSR count). The van der Waals surface area contributed by atoms with Gasteiger partial charge in [0.25, 0.3) is 0 Å². The zero-order valence-electron chi connectivity index (χ0n) is 9.10. The van der Waals surface area contributed by atoms with Crippen LogP contribution in [0.25, 0.3) is 10.9 Å². The Bertz CT molecular complexity index is 542. The van der Waals surface area contributed by atoms with E-state index in [4.69, 9.17) is 0 Å². The molecule has 0 unspecified atom stereocenters. The molecule has 0 saturated heterocycles. The number of aromatic nitrogens is 2. The van der Waals surface area contributed by atoms with Crippen molar-refractivity contribution in [2.75, 3.05) is 0 Å². The maximum absolute atomic E-state index is 11.0. The summed E-state index contributed by atoms with van der Waals surface area (Å²) >= 11 is 0. The molecule has 1 heterocycles. The Hall–Kier alpha value is -2.10. The van der Waals surface area contributed by atoms with Crippen LogP contribution in [0.2, 0.25) is 0 Å². The summed E-state index contributed by atoms with van der Waals surface area (Å²) in [4.78, 5) is 11.0. The number of amides is 1. The van der Waals surface area contributed by atoms with Crippen molar-refractivity contribution in [1.82, 2.24) is 15.1 Å². The number of rotatable bonds is 3. The molecule has 2 aromatic rings. The van der Waals surface area contributed by atoms with Gasteiger partial charge < -0.3 is 5.32 Å². The van der Waals surface area contributed by atoms with Gasteiger partial charge in [-0.25, -0.2) is 0 Å². The lowest BCUT2D eigenvalue weighted by atomic mass is 10.1. The lowest BCUT2D eigenvalue weighted by Gasteiger charge is -2.01. The Morgan fingerprint density at radius 2 is 2.44 bits per heavy atom. The number of carbonyl (C=O) groups is 1. The average Bonchev–Trinajstić information content (AvgIpc) is 2.65. The van der Waals surface area contributed by atoms with E-state index in [-0.39, 0.29) is 5.91 Å². The Balaban J connectivity index is 2.19. The zero-order chi connectivity index (χ0) is 11.5. The summed E-state index contributed by atoms with van der Waals surface area (Å²) in [6.07, 6.45) is 3.22. The summed E-state index contributed by atoms with van der Waals surface area (Å²) < 4.78 is 1.77. The fourth-order valence-electron chi connectivity index (χ4n) is 1.56. The topological polar surface area (TPSA) is 46.9 Å². The normalized spacial score (nSPS) is 10.3. The van der Waals surface area contributed by atoms with Crippen LogP contribution in [0.5, 0.6) is 0 Å². The van der Waals surface area contributed by atoms with Crippen LogP contribution in [0.15, 0.2) is 37.1 Å². The molecule has 0 atom stereocenters. The molecular formula is C12H13N3O. The number of carbonyl (C=O) groups excluding carboxylic acids is 1. The summed E-state index contributed by atoms with van der Waals surface area (Å²) in [5, 5.41) is 8.13. The van der Waals surface area contributed by atoms with Crippen LogP contribution < -0.4 is 5.32 Å². The summed E-state index contributed by atoms with van der Waals surface area (Å²) in [6, 6.07) is 5.95. The Morgan fingerprint density at radius 1 is 1.62 bits per heavy atom. The van der Waals surface area contributed by atoms with Crippen LogP contribution in [0.4, 0.5) is 0 Å². The van der Waals surface area contributed by atoms with Gasteiger partial charge in [-0.1, -0.05) is 18.7 Å². The highest BCUT2D eigenvalue weighted by Crippen LogP contribution is 2.13. The van der Waals surface area contributed by atoms with E-state index in [9.17, 15) is 4.79 Å². The van der Waals surface area contributed by atoms with E-state index in [2.05, 4.69) is 17.0 Å². The minimum Gasteiger partial charge on any atom is -0.348 e. The predicted octanol–water partition coefficient (Wildman–Crippen LogP) is 1.38. The summed E-state index contributed by atoms with van der Waals surface area (Å²) in [5.41, 5.74) is 1.97. The summed E-state index contributed by atoms with van der Waals surface area (Å²) in [6.45, 7) is 3.90. The quantitative estimate of drug-likeness (QED) is 0.786. The van der Waals surface area contributed by atoms with E-state index >= 15 is 0 Å². The number of hydrogen-bond donors (Lipinski definition) is 1. The number of hydrogen-bond acceptors (Lipinski definition) is 2. The van der Waals surface area contributed by atoms with E-state index in [0.29, 0.717) is 6.54 Å². The lowest BCUT2D eigenvalue weighted by Crippen LogP contribution is -2.19. The van der Waals surface area contributed by atoms with E-state index < -0.39 is 0 Å². The van der Waals surface area contributed by atoms with Gasteiger partial charge in [0.05, 0.1) is 5.52 Å². The molecular weight excluding hydrogens is 202 g/mol. The van der Waals surface area contributed by atoms with E-state index in [1.165, 1.54) is 6.08 Å². The van der Waals surface area contributed by atoms with Crippen LogP contribution in [0.3, 0.4) is 0 Å². The third-order valence-electron chi connectivity index (χ3n) is 2.34. The highest BCUT2D eigenvalue weighted by atomic mass is 16.1. The van der Waals surface area contributed by atoms with Gasteiger partial charge in [-0.2, -0.15) is 5.10 Å². The first-order valence-electron chi connectivity index (χ1n) is 5.01. The van der Waals surface area contributed by atoms with Crippen molar-refractivity contribution >= 4 is 16.8 Å². The maximum Gasteiger partial charge on any atom is 0.243 e. The summed E-state index contributed by atoms with van der Waals surface area (Å²) in [5.74, 6) is -0.166. The molecule has 82 valence electrons. The maximum atomic E-state index is 11.0. The van der Waals surface area contributed by atoms with Gasteiger partial charge >= 0.3 is 0 Å². The Labute approximate surface area is 93.6 Å². The van der Waals surface area contributed by atoms with Crippen molar-refractivity contribution in [3.63, 3.8) is 0 Å². The van der Waals surface area contributed by atoms with E-state index in [0.717, 1.165) is 16.5 Å². The second-order valence-corrected chi connectivity index (χ2v) is 3.62. The van der Waals surface area contributed by atoms with Crippen LogP contribution in [-0.2, 0) is 18.4 Å². The second kappa shape index (κ2) is 4.18. The minimum atomic E-state index is -0.166. The van der Waals surface area contributed by atoms with Crippen molar-refractivity contribution < 1.29 is 4.79 Å². The monoisotopic (exact) mass is 215 g/mol. The number of nitrogens with one attached hydrogen (secondary N) is 1. The molecule has 0 aliphatic carbocycles. The first kappa shape index (κ1) is 10.4. The highest BCUT2D eigenvalue weighted by Gasteiger charge is 2.01. The molecule has 4 heteroatoms. The van der Waals surface area contributed by atoms with Gasteiger partial charge in [0.2, 0.25) is 5.91 Å². The molecule has 0 spiro atoms. The largest absolute Gasteiger partial charge is 0.348 e. The number of benzene rings is 1. The van der Waals surface area contributed by atoms with E-state index in [1.54, 1.807) is 4.68 Å². The average molecular weight is 215 g/mol. The van der Waals surface area contributed by atoms with Crippen molar-refractivity contribution in [3.8, 4) is 0 Å². The Morgan fingerprint density at radius 3 is 3.19 bits per heavy atom. The zero-order valence-corrected chi connectivity index (χ0v) is 9.10. The lowest BCUT2D eigenvalue weighted by molar-refractivity contribution is -0.116. The molecule has 16 heavy (non-hydrogen) atoms. The minimum absolute atomic E-state index is 0.166. The molecule has 1 N–H and O–H groups in total. The summed E-state index contributed by atoms with van der Waals surface area (Å²) in [7, 11) is 1.89. The van der Waals surface area contributed by atoms with Gasteiger partial charge in [0.1, 0.15) is 0 Å². The fourth-order valence-corrected chi connectivity index (χ4v) is 1.56. The van der Waals surface area contributed by atoms with Crippen molar-refractivity contribution in [1.29, 1.82) is 0 Å². The SMILES string of the molecule is C=CC(=O)NCc1ccc2cn(C)nc2c1. The standard InChI is InChI=1S/C12H13N3O/c1-3-12(16)13-7-9-4-5-10-8-15(2)14-11(10)6-9/h3-6,8H,1,7H2,2H3,(H,13,16). The number of fused-ring (bicyclic) bond motifs is 1.